The van der Waals surface area contributed by atoms with E-state index in [0.29, 0.717) is 24.6 Å². The predicted octanol–water partition coefficient (Wildman–Crippen LogP) is 1.59. The van der Waals surface area contributed by atoms with Gasteiger partial charge in [-0.05, 0) is 30.2 Å². The number of benzene rings is 1. The molecule has 3 atom stereocenters. The Hall–Kier alpha value is -2.80. The number of amides is 1. The average Bonchev–Trinajstić information content (AvgIpc) is 2.74. The molecule has 29 heavy (non-hydrogen) atoms. The molecule has 0 aliphatic carbocycles. The van der Waals surface area contributed by atoms with E-state index >= 15 is 0 Å². The number of likely N-dealkylation sites (tertiary alicyclic amines) is 1. The molecular formula is C22H26N2O5. The maximum Gasteiger partial charge on any atom is 0.251 e. The Kier molecular flexibility index (Phi) is 5.32. The number of aromatic nitrogens is 1. The molecule has 4 rings (SSSR count). The molecular weight excluding hydrogens is 372 g/mol. The number of hydrogen-bond donors (Lipinski definition) is 1. The predicted molar refractivity (Wildman–Crippen MR) is 108 cm³/mol. The minimum absolute atomic E-state index is 0.0373. The van der Waals surface area contributed by atoms with E-state index in [1.165, 1.54) is 6.07 Å². The standard InChI is InChI=1S/C22H26N2O5/c1-28-19-7-6-14(8-20(19)29-2)9-22(27)23-11-15-10-16(12-23)18(13-25)24-17(15)4-3-5-21(24)26/h3-8,15-16,18,25H,9-13H2,1-2H3/t15-,16+,18+/m1/s1. The molecule has 1 aromatic heterocycles. The van der Waals surface area contributed by atoms with Crippen LogP contribution in [0.3, 0.4) is 0 Å². The van der Waals surface area contributed by atoms with Crippen molar-refractivity contribution in [2.24, 2.45) is 5.92 Å². The fraction of sp³-hybridized carbons (Fsp3) is 0.455. The Balaban J connectivity index is 1.56. The van der Waals surface area contributed by atoms with Crippen molar-refractivity contribution in [3.8, 4) is 11.5 Å². The van der Waals surface area contributed by atoms with Gasteiger partial charge in [0.1, 0.15) is 0 Å². The molecule has 0 radical (unpaired) electrons. The Morgan fingerprint density at radius 3 is 2.66 bits per heavy atom. The number of carbonyl (C=O) groups is 1. The third-order valence-electron chi connectivity index (χ3n) is 6.14. The van der Waals surface area contributed by atoms with Crippen LogP contribution in [0, 0.1) is 5.92 Å². The van der Waals surface area contributed by atoms with Gasteiger partial charge in [-0.3, -0.25) is 9.59 Å². The molecule has 2 aromatic rings. The summed E-state index contributed by atoms with van der Waals surface area (Å²) >= 11 is 0. The minimum Gasteiger partial charge on any atom is -0.493 e. The normalized spacial score (nSPS) is 22.7. The van der Waals surface area contributed by atoms with E-state index < -0.39 is 0 Å². The second kappa shape index (κ2) is 7.91. The number of ether oxygens (including phenoxy) is 2. The SMILES string of the molecule is COc1ccc(CC(=O)N2C[C@H]3C[C@@H](C2)[C@H](CO)n2c3cccc2=O)cc1OC. The first-order valence-corrected chi connectivity index (χ1v) is 9.86. The van der Waals surface area contributed by atoms with Crippen LogP contribution >= 0.6 is 0 Å². The summed E-state index contributed by atoms with van der Waals surface area (Å²) in [4.78, 5) is 27.3. The Morgan fingerprint density at radius 1 is 1.14 bits per heavy atom. The van der Waals surface area contributed by atoms with E-state index in [9.17, 15) is 14.7 Å². The lowest BCUT2D eigenvalue weighted by Gasteiger charge is -2.46. The van der Waals surface area contributed by atoms with Crippen molar-refractivity contribution in [3.05, 3.63) is 58.0 Å². The Bertz CT molecular complexity index is 970. The molecule has 2 aliphatic rings. The highest BCUT2D eigenvalue weighted by atomic mass is 16.5. The van der Waals surface area contributed by atoms with E-state index in [0.717, 1.165) is 17.7 Å². The summed E-state index contributed by atoms with van der Waals surface area (Å²) in [5.74, 6) is 1.45. The lowest BCUT2D eigenvalue weighted by atomic mass is 9.78. The van der Waals surface area contributed by atoms with Crippen LogP contribution in [0.1, 0.15) is 29.6 Å². The number of methoxy groups -OCH3 is 2. The third-order valence-corrected chi connectivity index (χ3v) is 6.14. The number of hydrogen-bond acceptors (Lipinski definition) is 5. The minimum atomic E-state index is -0.286. The highest BCUT2D eigenvalue weighted by Gasteiger charge is 2.41. The van der Waals surface area contributed by atoms with Gasteiger partial charge in [0.25, 0.3) is 5.56 Å². The first-order valence-electron chi connectivity index (χ1n) is 9.86. The van der Waals surface area contributed by atoms with E-state index in [2.05, 4.69) is 0 Å². The van der Waals surface area contributed by atoms with Crippen LogP contribution in [-0.4, -0.2) is 54.4 Å². The first kappa shape index (κ1) is 19.5. The maximum atomic E-state index is 13.0. The summed E-state index contributed by atoms with van der Waals surface area (Å²) in [6.45, 7) is 1.03. The summed E-state index contributed by atoms with van der Waals surface area (Å²) in [6.07, 6.45) is 1.15. The van der Waals surface area contributed by atoms with Gasteiger partial charge in [-0.25, -0.2) is 0 Å². The number of piperidine rings is 1. The molecule has 0 saturated carbocycles. The van der Waals surface area contributed by atoms with Crippen molar-refractivity contribution in [2.45, 2.75) is 24.8 Å². The number of rotatable bonds is 5. The zero-order valence-electron chi connectivity index (χ0n) is 16.7. The fourth-order valence-electron chi connectivity index (χ4n) is 4.76. The molecule has 7 heteroatoms. The molecule has 1 saturated heterocycles. The van der Waals surface area contributed by atoms with Gasteiger partial charge in [-0.2, -0.15) is 0 Å². The molecule has 1 amide bonds. The summed E-state index contributed by atoms with van der Waals surface area (Å²) in [5, 5.41) is 9.95. The number of nitrogens with zero attached hydrogens (tertiary/aromatic N) is 2. The lowest BCUT2D eigenvalue weighted by Crippen LogP contribution is -2.52. The average molecular weight is 398 g/mol. The molecule has 1 fully saturated rings. The molecule has 1 N–H and O–H groups in total. The van der Waals surface area contributed by atoms with Crippen molar-refractivity contribution < 1.29 is 19.4 Å². The molecule has 3 heterocycles. The quantitative estimate of drug-likeness (QED) is 0.827. The van der Waals surface area contributed by atoms with Crippen LogP contribution in [0.25, 0.3) is 0 Å². The molecule has 1 aromatic carbocycles. The van der Waals surface area contributed by atoms with Gasteiger partial charge in [0.2, 0.25) is 5.91 Å². The number of aliphatic hydroxyl groups excluding tert-OH is 1. The molecule has 2 bridgehead atoms. The van der Waals surface area contributed by atoms with E-state index in [1.807, 2.05) is 23.1 Å². The van der Waals surface area contributed by atoms with Gasteiger partial charge in [-0.1, -0.05) is 12.1 Å². The number of aliphatic hydroxyl groups is 1. The summed E-state index contributed by atoms with van der Waals surface area (Å²) in [5.41, 5.74) is 1.69. The van der Waals surface area contributed by atoms with Crippen molar-refractivity contribution in [3.63, 3.8) is 0 Å². The van der Waals surface area contributed by atoms with Gasteiger partial charge >= 0.3 is 0 Å². The van der Waals surface area contributed by atoms with Gasteiger partial charge in [0, 0.05) is 36.7 Å². The van der Waals surface area contributed by atoms with E-state index in [-0.39, 0.29) is 42.4 Å². The molecule has 154 valence electrons. The summed E-state index contributed by atoms with van der Waals surface area (Å²) in [6, 6.07) is 10.4. The smallest absolute Gasteiger partial charge is 0.251 e. The second-order valence-electron chi connectivity index (χ2n) is 7.77. The van der Waals surface area contributed by atoms with Gasteiger partial charge < -0.3 is 24.0 Å². The summed E-state index contributed by atoms with van der Waals surface area (Å²) in [7, 11) is 3.15. The number of fused-ring (bicyclic) bond motifs is 4. The topological polar surface area (TPSA) is 81.0 Å². The second-order valence-corrected chi connectivity index (χ2v) is 7.77. The van der Waals surface area contributed by atoms with Gasteiger partial charge in [0.15, 0.2) is 11.5 Å². The van der Waals surface area contributed by atoms with Crippen LogP contribution in [0.4, 0.5) is 0 Å². The molecule has 0 unspecified atom stereocenters. The lowest BCUT2D eigenvalue weighted by molar-refractivity contribution is -0.133. The molecule has 2 aliphatic heterocycles. The van der Waals surface area contributed by atoms with Crippen molar-refractivity contribution in [1.82, 2.24) is 9.47 Å². The monoisotopic (exact) mass is 398 g/mol. The molecule has 7 nitrogen and oxygen atoms in total. The first-order chi connectivity index (χ1) is 14.0. The Labute approximate surface area is 169 Å². The van der Waals surface area contributed by atoms with Crippen LogP contribution < -0.4 is 15.0 Å². The largest absolute Gasteiger partial charge is 0.493 e. The van der Waals surface area contributed by atoms with E-state index in [4.69, 9.17) is 9.47 Å². The van der Waals surface area contributed by atoms with Crippen molar-refractivity contribution in [1.29, 1.82) is 0 Å². The summed E-state index contributed by atoms with van der Waals surface area (Å²) < 4.78 is 12.3. The van der Waals surface area contributed by atoms with Crippen LogP contribution in [-0.2, 0) is 11.2 Å². The van der Waals surface area contributed by atoms with Gasteiger partial charge in [-0.15, -0.1) is 0 Å². The van der Waals surface area contributed by atoms with Crippen LogP contribution in [0.2, 0.25) is 0 Å². The fourth-order valence-corrected chi connectivity index (χ4v) is 4.76. The number of pyridine rings is 1. The van der Waals surface area contributed by atoms with Crippen LogP contribution in [0.15, 0.2) is 41.2 Å². The maximum absolute atomic E-state index is 13.0. The van der Waals surface area contributed by atoms with Crippen molar-refractivity contribution in [2.75, 3.05) is 33.9 Å². The van der Waals surface area contributed by atoms with Crippen LogP contribution in [0.5, 0.6) is 11.5 Å². The highest BCUT2D eigenvalue weighted by Crippen LogP contribution is 2.41. The van der Waals surface area contributed by atoms with Gasteiger partial charge in [0.05, 0.1) is 33.3 Å². The number of carbonyl (C=O) groups excluding carboxylic acids is 1. The highest BCUT2D eigenvalue weighted by molar-refractivity contribution is 5.79. The van der Waals surface area contributed by atoms with E-state index in [1.54, 1.807) is 30.9 Å². The third kappa shape index (κ3) is 3.51. The zero-order valence-corrected chi connectivity index (χ0v) is 16.7. The zero-order chi connectivity index (χ0) is 20.5. The Morgan fingerprint density at radius 2 is 1.93 bits per heavy atom. The molecule has 0 spiro atoms. The van der Waals surface area contributed by atoms with Crippen molar-refractivity contribution >= 4 is 5.91 Å².